The molecule has 9 rings (SSSR count). The Kier molecular flexibility index (Phi) is 6.34. The van der Waals surface area contributed by atoms with Crippen molar-refractivity contribution in [1.82, 2.24) is 19.1 Å². The summed E-state index contributed by atoms with van der Waals surface area (Å²) in [7, 11) is 0. The Bertz CT molecular complexity index is 2570. The minimum atomic E-state index is 0.340. The molecule has 0 fully saturated rings. The molecule has 0 bridgehead atoms. The standard InChI is InChI=1S/C42H34N4S/c1-25(2)27-15-11-16-28(26(3)4)40(27)46-37-24-43-23-22-33(37)44-42(46)32-20-21-36(39-31-14-7-10-19-38(31)47-41(32)39)45-34-17-8-5-12-29(34)30-13-6-9-18-35(30)45/h5-26H,1-4H3. The normalized spacial score (nSPS) is 12.2. The van der Waals surface area contributed by atoms with Crippen molar-refractivity contribution in [2.75, 3.05) is 0 Å². The van der Waals surface area contributed by atoms with Gasteiger partial charge in [-0.25, -0.2) is 4.98 Å². The molecule has 0 saturated heterocycles. The lowest BCUT2D eigenvalue weighted by Crippen LogP contribution is -2.08. The maximum Gasteiger partial charge on any atom is 0.147 e. The molecule has 0 saturated carbocycles. The number of imidazole rings is 1. The number of benzene rings is 5. The number of pyridine rings is 1. The van der Waals surface area contributed by atoms with Crippen LogP contribution in [-0.2, 0) is 0 Å². The van der Waals surface area contributed by atoms with Gasteiger partial charge < -0.3 is 4.57 Å². The second-order valence-electron chi connectivity index (χ2n) is 13.0. The van der Waals surface area contributed by atoms with Crippen LogP contribution in [0.2, 0.25) is 0 Å². The summed E-state index contributed by atoms with van der Waals surface area (Å²) in [5.74, 6) is 1.63. The highest BCUT2D eigenvalue weighted by Gasteiger charge is 2.25. The highest BCUT2D eigenvalue weighted by Crippen LogP contribution is 2.46. The van der Waals surface area contributed by atoms with Gasteiger partial charge in [-0.15, -0.1) is 11.3 Å². The summed E-state index contributed by atoms with van der Waals surface area (Å²) >= 11 is 1.86. The van der Waals surface area contributed by atoms with E-state index in [0.717, 1.165) is 22.4 Å². The molecule has 4 heterocycles. The largest absolute Gasteiger partial charge is 0.309 e. The summed E-state index contributed by atoms with van der Waals surface area (Å²) in [6.45, 7) is 9.13. The highest BCUT2D eigenvalue weighted by molar-refractivity contribution is 7.26. The lowest BCUT2D eigenvalue weighted by atomic mass is 9.92. The molecule has 0 aliphatic heterocycles. The number of fused-ring (bicyclic) bond motifs is 7. The lowest BCUT2D eigenvalue weighted by molar-refractivity contribution is 0.811. The van der Waals surface area contributed by atoms with Crippen molar-refractivity contribution in [2.24, 2.45) is 0 Å². The van der Waals surface area contributed by atoms with Gasteiger partial charge in [-0.2, -0.15) is 0 Å². The summed E-state index contributed by atoms with van der Waals surface area (Å²) in [5, 5.41) is 5.05. The van der Waals surface area contributed by atoms with Gasteiger partial charge in [0.2, 0.25) is 0 Å². The van der Waals surface area contributed by atoms with Crippen LogP contribution < -0.4 is 0 Å². The highest BCUT2D eigenvalue weighted by atomic mass is 32.1. The fourth-order valence-electron chi connectivity index (χ4n) is 7.46. The van der Waals surface area contributed by atoms with Crippen molar-refractivity contribution in [2.45, 2.75) is 39.5 Å². The van der Waals surface area contributed by atoms with Crippen LogP contribution in [0.15, 0.2) is 122 Å². The number of rotatable bonds is 5. The summed E-state index contributed by atoms with van der Waals surface area (Å²) in [5.41, 5.74) is 10.6. The van der Waals surface area contributed by atoms with E-state index in [1.165, 1.54) is 64.5 Å². The van der Waals surface area contributed by atoms with Crippen LogP contribution in [-0.4, -0.2) is 19.1 Å². The van der Waals surface area contributed by atoms with E-state index in [4.69, 9.17) is 4.98 Å². The maximum absolute atomic E-state index is 5.40. The zero-order chi connectivity index (χ0) is 31.8. The molecule has 0 atom stereocenters. The van der Waals surface area contributed by atoms with Gasteiger partial charge in [0.05, 0.1) is 39.6 Å². The molecule has 47 heavy (non-hydrogen) atoms. The molecule has 0 N–H and O–H groups in total. The Balaban J connectivity index is 1.43. The Morgan fingerprint density at radius 2 is 1.23 bits per heavy atom. The van der Waals surface area contributed by atoms with Gasteiger partial charge in [-0.05, 0) is 59.4 Å². The van der Waals surface area contributed by atoms with Gasteiger partial charge in [0.25, 0.3) is 0 Å². The SMILES string of the molecule is CC(C)c1cccc(C(C)C)c1-n1c(-c2ccc(-n3c4ccccc4c4ccccc43)c3c2sc2ccccc23)nc2ccncc21. The smallest absolute Gasteiger partial charge is 0.147 e. The molecule has 5 heteroatoms. The van der Waals surface area contributed by atoms with Crippen molar-refractivity contribution in [1.29, 1.82) is 0 Å². The second kappa shape index (κ2) is 10.6. The van der Waals surface area contributed by atoms with Crippen molar-refractivity contribution >= 4 is 64.3 Å². The molecule has 4 aromatic heterocycles. The van der Waals surface area contributed by atoms with E-state index in [1.807, 2.05) is 29.8 Å². The molecular formula is C42H34N4S. The van der Waals surface area contributed by atoms with Crippen LogP contribution in [0.5, 0.6) is 0 Å². The third-order valence-electron chi connectivity index (χ3n) is 9.59. The van der Waals surface area contributed by atoms with E-state index < -0.39 is 0 Å². The van der Waals surface area contributed by atoms with Gasteiger partial charge in [-0.1, -0.05) is 100 Å². The molecular weight excluding hydrogens is 593 g/mol. The number of aromatic nitrogens is 4. The predicted molar refractivity (Wildman–Crippen MR) is 200 cm³/mol. The van der Waals surface area contributed by atoms with Gasteiger partial charge >= 0.3 is 0 Å². The van der Waals surface area contributed by atoms with E-state index >= 15 is 0 Å². The number of nitrogens with zero attached hydrogens (tertiary/aromatic N) is 4. The average Bonchev–Trinajstić information content (AvgIpc) is 3.77. The first kappa shape index (κ1) is 28.0. The Labute approximate surface area is 277 Å². The number of thiophene rings is 1. The van der Waals surface area contributed by atoms with E-state index in [2.05, 4.69) is 145 Å². The van der Waals surface area contributed by atoms with Gasteiger partial charge in [0, 0.05) is 42.7 Å². The first-order valence-corrected chi connectivity index (χ1v) is 17.2. The molecule has 0 unspecified atom stereocenters. The molecule has 5 aromatic carbocycles. The third-order valence-corrected chi connectivity index (χ3v) is 10.8. The Morgan fingerprint density at radius 3 is 1.91 bits per heavy atom. The van der Waals surface area contributed by atoms with Crippen LogP contribution in [0.3, 0.4) is 0 Å². The van der Waals surface area contributed by atoms with Crippen molar-refractivity contribution < 1.29 is 0 Å². The number of para-hydroxylation sites is 3. The molecule has 9 aromatic rings. The predicted octanol–water partition coefficient (Wildman–Crippen LogP) is 11.8. The fraction of sp³-hybridized carbons (Fsp3) is 0.143. The maximum atomic E-state index is 5.40. The summed E-state index contributed by atoms with van der Waals surface area (Å²) < 4.78 is 7.36. The van der Waals surface area contributed by atoms with Gasteiger partial charge in [0.15, 0.2) is 0 Å². The molecule has 0 amide bonds. The fourth-order valence-corrected chi connectivity index (χ4v) is 8.69. The van der Waals surface area contributed by atoms with E-state index in [9.17, 15) is 0 Å². The minimum absolute atomic E-state index is 0.340. The first-order valence-electron chi connectivity index (χ1n) is 16.4. The second-order valence-corrected chi connectivity index (χ2v) is 14.1. The average molecular weight is 627 g/mol. The van der Waals surface area contributed by atoms with Crippen LogP contribution in [0, 0.1) is 0 Å². The molecule has 0 aliphatic rings. The monoisotopic (exact) mass is 626 g/mol. The summed E-state index contributed by atoms with van der Waals surface area (Å²) in [6, 6.07) is 39.7. The van der Waals surface area contributed by atoms with Crippen molar-refractivity contribution in [3.63, 3.8) is 0 Å². The number of hydrogen-bond acceptors (Lipinski definition) is 3. The van der Waals surface area contributed by atoms with Gasteiger partial charge in [-0.3, -0.25) is 9.55 Å². The zero-order valence-electron chi connectivity index (χ0n) is 26.9. The zero-order valence-corrected chi connectivity index (χ0v) is 27.7. The van der Waals surface area contributed by atoms with Crippen molar-refractivity contribution in [3.8, 4) is 22.8 Å². The third kappa shape index (κ3) is 4.13. The molecule has 0 aliphatic carbocycles. The molecule has 0 radical (unpaired) electrons. The van der Waals surface area contributed by atoms with Crippen LogP contribution in [0.25, 0.3) is 75.8 Å². The van der Waals surface area contributed by atoms with E-state index in [0.29, 0.717) is 11.8 Å². The van der Waals surface area contributed by atoms with E-state index in [1.54, 1.807) is 0 Å². The molecule has 228 valence electrons. The summed E-state index contributed by atoms with van der Waals surface area (Å²) in [4.78, 5) is 9.99. The van der Waals surface area contributed by atoms with Gasteiger partial charge in [0.1, 0.15) is 5.82 Å². The van der Waals surface area contributed by atoms with Crippen LogP contribution in [0.1, 0.15) is 50.7 Å². The number of hydrogen-bond donors (Lipinski definition) is 0. The molecule has 0 spiro atoms. The van der Waals surface area contributed by atoms with E-state index in [-0.39, 0.29) is 0 Å². The van der Waals surface area contributed by atoms with Crippen molar-refractivity contribution in [3.05, 3.63) is 133 Å². The lowest BCUT2D eigenvalue weighted by Gasteiger charge is -2.22. The van der Waals surface area contributed by atoms with Crippen LogP contribution in [0.4, 0.5) is 0 Å². The topological polar surface area (TPSA) is 35.6 Å². The quantitative estimate of drug-likeness (QED) is 0.191. The minimum Gasteiger partial charge on any atom is -0.309 e. The summed E-state index contributed by atoms with van der Waals surface area (Å²) in [6.07, 6.45) is 3.82. The van der Waals surface area contributed by atoms with Crippen LogP contribution >= 0.6 is 11.3 Å². The molecule has 4 nitrogen and oxygen atoms in total. The Hall–Kier alpha value is -5.26. The Morgan fingerprint density at radius 1 is 0.596 bits per heavy atom. The first-order chi connectivity index (χ1) is 23.0.